The number of halogens is 2. The molecule has 96 valence electrons. The topological polar surface area (TPSA) is 38.3 Å². The third kappa shape index (κ3) is 2.33. The summed E-state index contributed by atoms with van der Waals surface area (Å²) in [6.07, 6.45) is 0. The Morgan fingerprint density at radius 1 is 1.16 bits per heavy atom. The van der Waals surface area contributed by atoms with E-state index in [-0.39, 0.29) is 5.91 Å². The van der Waals surface area contributed by atoms with Crippen LogP contribution in [0.5, 0.6) is 5.75 Å². The number of amides is 1. The lowest BCUT2D eigenvalue weighted by atomic mass is 9.89. The number of carbonyl (C=O) groups is 1. The molecule has 0 spiro atoms. The summed E-state index contributed by atoms with van der Waals surface area (Å²) in [7, 11) is 0. The summed E-state index contributed by atoms with van der Waals surface area (Å²) in [4.78, 5) is 17.3. The first-order chi connectivity index (χ1) is 9.15. The van der Waals surface area contributed by atoms with Crippen molar-refractivity contribution in [2.24, 2.45) is 0 Å². The van der Waals surface area contributed by atoms with Gasteiger partial charge in [0.2, 0.25) is 0 Å². The van der Waals surface area contributed by atoms with E-state index in [0.29, 0.717) is 10.8 Å². The number of fused-ring (bicyclic) bond motifs is 1. The van der Waals surface area contributed by atoms with Gasteiger partial charge >= 0.3 is 0 Å². The summed E-state index contributed by atoms with van der Waals surface area (Å²) < 4.78 is 0.906. The van der Waals surface area contributed by atoms with Crippen molar-refractivity contribution in [1.29, 1.82) is 0 Å². The second-order valence-corrected chi connectivity index (χ2v) is 5.59. The minimum atomic E-state index is -0.390. The lowest BCUT2D eigenvalue weighted by molar-refractivity contribution is -0.129. The molecule has 1 N–H and O–H groups in total. The fourth-order valence-corrected chi connectivity index (χ4v) is 2.63. The molecule has 1 heterocycles. The van der Waals surface area contributed by atoms with Crippen LogP contribution in [0, 0.1) is 0 Å². The van der Waals surface area contributed by atoms with Crippen LogP contribution in [-0.4, -0.2) is 5.91 Å². The Kier molecular flexibility index (Phi) is 3.21. The number of hydroxylamine groups is 1. The molecule has 1 aliphatic heterocycles. The highest BCUT2D eigenvalue weighted by Gasteiger charge is 2.30. The summed E-state index contributed by atoms with van der Waals surface area (Å²) in [5.74, 6) is 0.0780. The van der Waals surface area contributed by atoms with Gasteiger partial charge in [-0.25, -0.2) is 0 Å². The van der Waals surface area contributed by atoms with Gasteiger partial charge in [-0.1, -0.05) is 39.7 Å². The summed E-state index contributed by atoms with van der Waals surface area (Å²) in [5, 5.41) is 0.644. The summed E-state index contributed by atoms with van der Waals surface area (Å²) >= 11 is 9.29. The average Bonchev–Trinajstić information content (AvgIpc) is 2.40. The molecule has 0 saturated carbocycles. The molecular formula is C14H9BrClNO2. The first-order valence-electron chi connectivity index (χ1n) is 5.67. The maximum absolute atomic E-state index is 12.1. The maximum atomic E-state index is 12.1. The minimum absolute atomic E-state index is 0.187. The Morgan fingerprint density at radius 2 is 1.89 bits per heavy atom. The molecule has 19 heavy (non-hydrogen) atoms. The molecule has 3 rings (SSSR count). The normalized spacial score (nSPS) is 17.4. The maximum Gasteiger partial charge on any atom is 0.264 e. The summed E-state index contributed by atoms with van der Waals surface area (Å²) in [5.41, 5.74) is 4.15. The molecule has 2 aromatic carbocycles. The van der Waals surface area contributed by atoms with Gasteiger partial charge in [0, 0.05) is 15.1 Å². The molecule has 2 aromatic rings. The highest BCUT2D eigenvalue weighted by atomic mass is 79.9. The number of nitrogens with one attached hydrogen (secondary N) is 1. The fraction of sp³-hybridized carbons (Fsp3) is 0.0714. The van der Waals surface area contributed by atoms with Crippen molar-refractivity contribution in [3.8, 4) is 5.75 Å². The lowest BCUT2D eigenvalue weighted by Crippen LogP contribution is -2.37. The fourth-order valence-electron chi connectivity index (χ4n) is 2.13. The molecule has 5 heteroatoms. The zero-order valence-corrected chi connectivity index (χ0v) is 12.0. The number of hydrogen-bond acceptors (Lipinski definition) is 2. The Labute approximate surface area is 123 Å². The zero-order chi connectivity index (χ0) is 13.4. The predicted octanol–water partition coefficient (Wildman–Crippen LogP) is 3.66. The lowest BCUT2D eigenvalue weighted by Gasteiger charge is -2.25. The number of carbonyl (C=O) groups excluding carboxylic acids is 1. The van der Waals surface area contributed by atoms with Crippen LogP contribution in [0.2, 0.25) is 5.02 Å². The van der Waals surface area contributed by atoms with Crippen molar-refractivity contribution in [2.45, 2.75) is 5.92 Å². The molecule has 0 radical (unpaired) electrons. The van der Waals surface area contributed by atoms with E-state index in [4.69, 9.17) is 16.4 Å². The smallest absolute Gasteiger partial charge is 0.264 e. The van der Waals surface area contributed by atoms with E-state index in [1.807, 2.05) is 30.3 Å². The third-order valence-corrected chi connectivity index (χ3v) is 3.76. The molecule has 0 saturated heterocycles. The Morgan fingerprint density at radius 3 is 2.63 bits per heavy atom. The van der Waals surface area contributed by atoms with Crippen LogP contribution >= 0.6 is 27.5 Å². The van der Waals surface area contributed by atoms with Crippen molar-refractivity contribution >= 4 is 33.4 Å². The summed E-state index contributed by atoms with van der Waals surface area (Å²) in [6.45, 7) is 0. The molecule has 0 bridgehead atoms. The van der Waals surface area contributed by atoms with Gasteiger partial charge in [0.1, 0.15) is 0 Å². The van der Waals surface area contributed by atoms with E-state index in [1.165, 1.54) is 0 Å². The van der Waals surface area contributed by atoms with Crippen molar-refractivity contribution in [1.82, 2.24) is 5.48 Å². The van der Waals surface area contributed by atoms with E-state index >= 15 is 0 Å². The Balaban J connectivity index is 2.12. The molecule has 0 aromatic heterocycles. The number of rotatable bonds is 1. The van der Waals surface area contributed by atoms with E-state index in [9.17, 15) is 4.79 Å². The molecule has 1 aliphatic rings. The van der Waals surface area contributed by atoms with E-state index < -0.39 is 5.92 Å². The summed E-state index contributed by atoms with van der Waals surface area (Å²) in [6, 6.07) is 12.8. The van der Waals surface area contributed by atoms with Gasteiger partial charge < -0.3 is 4.84 Å². The molecule has 1 amide bonds. The standard InChI is InChI=1S/C14H9BrClNO2/c15-9-3-6-12-11(7-9)13(14(18)17-19-12)8-1-4-10(16)5-2-8/h1-7,13H,(H,17,18). The van der Waals surface area contributed by atoms with Gasteiger partial charge in [-0.2, -0.15) is 5.48 Å². The Bertz CT molecular complexity index is 642. The van der Waals surface area contributed by atoms with Crippen molar-refractivity contribution in [2.75, 3.05) is 0 Å². The zero-order valence-electron chi connectivity index (χ0n) is 9.69. The second kappa shape index (κ2) is 4.87. The minimum Gasteiger partial charge on any atom is -0.379 e. The molecule has 0 fully saturated rings. The van der Waals surface area contributed by atoms with Gasteiger partial charge in [0.25, 0.3) is 5.91 Å². The molecule has 3 nitrogen and oxygen atoms in total. The van der Waals surface area contributed by atoms with Crippen LogP contribution in [0.4, 0.5) is 0 Å². The first-order valence-corrected chi connectivity index (χ1v) is 6.84. The van der Waals surface area contributed by atoms with Crippen LogP contribution in [0.25, 0.3) is 0 Å². The molecular weight excluding hydrogens is 330 g/mol. The van der Waals surface area contributed by atoms with Gasteiger partial charge in [-0.05, 0) is 35.9 Å². The van der Waals surface area contributed by atoms with Gasteiger partial charge in [-0.3, -0.25) is 4.79 Å². The SMILES string of the molecule is O=C1NOc2ccc(Br)cc2C1c1ccc(Cl)cc1. The monoisotopic (exact) mass is 337 g/mol. The molecule has 1 atom stereocenters. The predicted molar refractivity (Wildman–Crippen MR) is 76.2 cm³/mol. The number of hydrogen-bond donors (Lipinski definition) is 1. The van der Waals surface area contributed by atoms with Gasteiger partial charge in [0.05, 0.1) is 5.92 Å². The van der Waals surface area contributed by atoms with Gasteiger partial charge in [0.15, 0.2) is 5.75 Å². The highest BCUT2D eigenvalue weighted by Crippen LogP contribution is 2.36. The second-order valence-electron chi connectivity index (χ2n) is 4.24. The van der Waals surface area contributed by atoms with Crippen LogP contribution in [-0.2, 0) is 4.79 Å². The molecule has 0 aliphatic carbocycles. The van der Waals surface area contributed by atoms with E-state index in [2.05, 4.69) is 21.4 Å². The van der Waals surface area contributed by atoms with Crippen molar-refractivity contribution < 1.29 is 9.63 Å². The van der Waals surface area contributed by atoms with Crippen molar-refractivity contribution in [3.05, 3.63) is 63.1 Å². The third-order valence-electron chi connectivity index (χ3n) is 3.01. The van der Waals surface area contributed by atoms with Crippen LogP contribution in [0.15, 0.2) is 46.9 Å². The highest BCUT2D eigenvalue weighted by molar-refractivity contribution is 9.10. The largest absolute Gasteiger partial charge is 0.379 e. The van der Waals surface area contributed by atoms with Crippen LogP contribution in [0.1, 0.15) is 17.0 Å². The number of benzene rings is 2. The van der Waals surface area contributed by atoms with Gasteiger partial charge in [-0.15, -0.1) is 0 Å². The van der Waals surface area contributed by atoms with Crippen molar-refractivity contribution in [3.63, 3.8) is 0 Å². The first kappa shape index (κ1) is 12.5. The Hall–Kier alpha value is -1.52. The average molecular weight is 339 g/mol. The molecule has 1 unspecified atom stereocenters. The van der Waals surface area contributed by atoms with E-state index in [0.717, 1.165) is 15.6 Å². The quantitative estimate of drug-likeness (QED) is 0.862. The van der Waals surface area contributed by atoms with E-state index in [1.54, 1.807) is 12.1 Å². The van der Waals surface area contributed by atoms with Crippen LogP contribution in [0.3, 0.4) is 0 Å². The van der Waals surface area contributed by atoms with Crippen LogP contribution < -0.4 is 10.3 Å².